The van der Waals surface area contributed by atoms with Gasteiger partial charge in [0, 0.05) is 12.2 Å². The van der Waals surface area contributed by atoms with Crippen molar-refractivity contribution in [2.45, 2.75) is 13.1 Å². The maximum absolute atomic E-state index is 12.3. The normalized spacial score (nSPS) is 10.9. The number of nitrogen functional groups attached to an aromatic ring is 1. The van der Waals surface area contributed by atoms with Crippen LogP contribution in [0.4, 0.5) is 10.1 Å². The molecule has 0 aliphatic carbocycles. The Labute approximate surface area is 84.5 Å². The smallest absolute Gasteiger partial charge is 0.115 e. The molecule has 0 atom stereocenters. The van der Waals surface area contributed by atoms with Gasteiger partial charge >= 0.3 is 0 Å². The van der Waals surface area contributed by atoms with E-state index in [2.05, 4.69) is 4.90 Å². The second kappa shape index (κ2) is 4.96. The predicted molar refractivity (Wildman–Crippen MR) is 57.9 cm³/mol. The number of nitrogens with zero attached hydrogens (tertiary/aromatic N) is 1. The lowest BCUT2D eigenvalue weighted by Gasteiger charge is -2.11. The van der Waals surface area contributed by atoms with Crippen LogP contribution in [-0.2, 0) is 13.1 Å². The monoisotopic (exact) mass is 196 g/mol. The van der Waals surface area contributed by atoms with Crippen molar-refractivity contribution in [3.05, 3.63) is 29.3 Å². The molecule has 0 saturated heterocycles. The Hall–Kier alpha value is -1.09. The topological polar surface area (TPSA) is 29.3 Å². The lowest BCUT2D eigenvalue weighted by atomic mass is 10.1. The van der Waals surface area contributed by atoms with Crippen LogP contribution >= 0.6 is 0 Å². The second-order valence-electron chi connectivity index (χ2n) is 3.72. The lowest BCUT2D eigenvalue weighted by molar-refractivity contribution is 0.414. The zero-order valence-corrected chi connectivity index (χ0v) is 8.76. The average molecular weight is 196 g/mol. The summed E-state index contributed by atoms with van der Waals surface area (Å²) in [6, 6.07) is 5.42. The first-order valence-corrected chi connectivity index (χ1v) is 4.71. The van der Waals surface area contributed by atoms with Gasteiger partial charge in [-0.25, -0.2) is 4.39 Å². The van der Waals surface area contributed by atoms with E-state index in [9.17, 15) is 4.39 Å². The van der Waals surface area contributed by atoms with E-state index in [1.54, 1.807) is 12.1 Å². The van der Waals surface area contributed by atoms with E-state index in [1.807, 2.05) is 20.2 Å². The van der Waals surface area contributed by atoms with Gasteiger partial charge in [-0.1, -0.05) is 12.1 Å². The highest BCUT2D eigenvalue weighted by Gasteiger charge is 2.01. The Bertz CT molecular complexity index is 297. The van der Waals surface area contributed by atoms with Gasteiger partial charge in [0.05, 0.1) is 0 Å². The summed E-state index contributed by atoms with van der Waals surface area (Å²) in [6.07, 6.45) is 0.908. The van der Waals surface area contributed by atoms with Crippen LogP contribution in [0.15, 0.2) is 18.2 Å². The van der Waals surface area contributed by atoms with E-state index < -0.39 is 6.67 Å². The fourth-order valence-electron chi connectivity index (χ4n) is 1.30. The Morgan fingerprint density at radius 2 is 2.07 bits per heavy atom. The summed E-state index contributed by atoms with van der Waals surface area (Å²) in [5, 5.41) is 0. The molecule has 0 bridgehead atoms. The first-order chi connectivity index (χ1) is 6.63. The van der Waals surface area contributed by atoms with E-state index in [0.717, 1.165) is 18.5 Å². The van der Waals surface area contributed by atoms with Crippen molar-refractivity contribution in [1.29, 1.82) is 0 Å². The highest BCUT2D eigenvalue weighted by atomic mass is 19.1. The third-order valence-corrected chi connectivity index (χ3v) is 2.19. The van der Waals surface area contributed by atoms with Gasteiger partial charge in [-0.05, 0) is 37.7 Å². The van der Waals surface area contributed by atoms with Gasteiger partial charge in [0.2, 0.25) is 0 Å². The third kappa shape index (κ3) is 3.00. The van der Waals surface area contributed by atoms with Crippen LogP contribution in [0.1, 0.15) is 11.1 Å². The molecular formula is C11H17FN2. The highest BCUT2D eigenvalue weighted by Crippen LogP contribution is 2.15. The van der Waals surface area contributed by atoms with Gasteiger partial charge in [-0.3, -0.25) is 0 Å². The molecule has 0 aliphatic rings. The molecule has 2 N–H and O–H groups in total. The molecule has 0 spiro atoms. The molecule has 0 amide bonds. The van der Waals surface area contributed by atoms with Gasteiger partial charge in [-0.2, -0.15) is 0 Å². The number of nitrogens with two attached hydrogens (primary N) is 1. The van der Waals surface area contributed by atoms with Crippen molar-refractivity contribution in [1.82, 2.24) is 4.90 Å². The minimum atomic E-state index is -0.446. The fourth-order valence-corrected chi connectivity index (χ4v) is 1.30. The molecule has 0 fully saturated rings. The van der Waals surface area contributed by atoms with Crippen LogP contribution in [0.5, 0.6) is 0 Å². The second-order valence-corrected chi connectivity index (χ2v) is 3.72. The average Bonchev–Trinajstić information content (AvgIpc) is 2.15. The molecule has 1 aromatic carbocycles. The Morgan fingerprint density at radius 3 is 2.57 bits per heavy atom. The van der Waals surface area contributed by atoms with Crippen LogP contribution < -0.4 is 5.73 Å². The fraction of sp³-hybridized carbons (Fsp3) is 0.455. The van der Waals surface area contributed by atoms with Crippen molar-refractivity contribution >= 4 is 5.69 Å². The Kier molecular flexibility index (Phi) is 3.89. The van der Waals surface area contributed by atoms with E-state index in [0.29, 0.717) is 11.3 Å². The van der Waals surface area contributed by atoms with Gasteiger partial charge in [0.15, 0.2) is 0 Å². The standard InChI is InChI=1S/C11H17FN2/c1-14(2)6-5-10-4-3-9(8-12)7-11(10)13/h3-4,7H,5-6,8,13H2,1-2H3. The van der Waals surface area contributed by atoms with Crippen molar-refractivity contribution in [2.75, 3.05) is 26.4 Å². The minimum absolute atomic E-state index is 0.446. The zero-order valence-electron chi connectivity index (χ0n) is 8.76. The summed E-state index contributed by atoms with van der Waals surface area (Å²) in [7, 11) is 4.04. The molecule has 3 heteroatoms. The van der Waals surface area contributed by atoms with Gasteiger partial charge in [0.25, 0.3) is 0 Å². The summed E-state index contributed by atoms with van der Waals surface area (Å²) in [6.45, 7) is 0.511. The van der Waals surface area contributed by atoms with Crippen molar-refractivity contribution in [3.63, 3.8) is 0 Å². The number of likely N-dealkylation sites (N-methyl/N-ethyl adjacent to an activating group) is 1. The summed E-state index contributed by atoms with van der Waals surface area (Å²) in [5.74, 6) is 0. The molecule has 0 radical (unpaired) electrons. The van der Waals surface area contributed by atoms with Crippen LogP contribution in [-0.4, -0.2) is 25.5 Å². The number of hydrogen-bond acceptors (Lipinski definition) is 2. The molecule has 1 aromatic rings. The molecule has 0 saturated carbocycles. The summed E-state index contributed by atoms with van der Waals surface area (Å²) >= 11 is 0. The quantitative estimate of drug-likeness (QED) is 0.744. The zero-order chi connectivity index (χ0) is 10.6. The predicted octanol–water partition coefficient (Wildman–Crippen LogP) is 1.84. The van der Waals surface area contributed by atoms with Gasteiger partial charge in [-0.15, -0.1) is 0 Å². The van der Waals surface area contributed by atoms with Crippen LogP contribution in [0.25, 0.3) is 0 Å². The van der Waals surface area contributed by atoms with Crippen LogP contribution in [0, 0.1) is 0 Å². The first-order valence-electron chi connectivity index (χ1n) is 4.71. The summed E-state index contributed by atoms with van der Waals surface area (Å²) in [5.41, 5.74) is 8.24. The van der Waals surface area contributed by atoms with Crippen molar-refractivity contribution < 1.29 is 4.39 Å². The van der Waals surface area contributed by atoms with E-state index in [4.69, 9.17) is 5.73 Å². The summed E-state index contributed by atoms with van der Waals surface area (Å²) in [4.78, 5) is 2.10. The molecule has 0 heterocycles. The molecule has 1 rings (SSSR count). The Balaban J connectivity index is 2.69. The molecule has 0 aliphatic heterocycles. The highest BCUT2D eigenvalue weighted by molar-refractivity contribution is 5.49. The maximum Gasteiger partial charge on any atom is 0.115 e. The molecule has 78 valence electrons. The third-order valence-electron chi connectivity index (χ3n) is 2.19. The number of alkyl halides is 1. The number of hydrogen-bond donors (Lipinski definition) is 1. The van der Waals surface area contributed by atoms with Crippen molar-refractivity contribution in [2.24, 2.45) is 0 Å². The van der Waals surface area contributed by atoms with Crippen LogP contribution in [0.3, 0.4) is 0 Å². The molecule has 14 heavy (non-hydrogen) atoms. The summed E-state index contributed by atoms with van der Waals surface area (Å²) < 4.78 is 12.3. The van der Waals surface area contributed by atoms with E-state index >= 15 is 0 Å². The molecule has 0 aromatic heterocycles. The molecule has 0 unspecified atom stereocenters. The minimum Gasteiger partial charge on any atom is -0.398 e. The Morgan fingerprint density at radius 1 is 1.36 bits per heavy atom. The largest absolute Gasteiger partial charge is 0.398 e. The van der Waals surface area contributed by atoms with Gasteiger partial charge < -0.3 is 10.6 Å². The number of rotatable bonds is 4. The van der Waals surface area contributed by atoms with E-state index in [-0.39, 0.29) is 0 Å². The maximum atomic E-state index is 12.3. The van der Waals surface area contributed by atoms with Crippen molar-refractivity contribution in [3.8, 4) is 0 Å². The van der Waals surface area contributed by atoms with E-state index in [1.165, 1.54) is 0 Å². The molecule has 2 nitrogen and oxygen atoms in total. The number of benzene rings is 1. The number of halogens is 1. The first kappa shape index (κ1) is 11.0. The van der Waals surface area contributed by atoms with Crippen LogP contribution in [0.2, 0.25) is 0 Å². The molecular weight excluding hydrogens is 179 g/mol. The number of anilines is 1. The SMILES string of the molecule is CN(C)CCc1ccc(CF)cc1N. The van der Waals surface area contributed by atoms with Gasteiger partial charge in [0.1, 0.15) is 6.67 Å². The lowest BCUT2D eigenvalue weighted by Crippen LogP contribution is -2.15.